The van der Waals surface area contributed by atoms with Gasteiger partial charge in [0, 0.05) is 35.1 Å². The van der Waals surface area contributed by atoms with Gasteiger partial charge in [0.2, 0.25) is 5.95 Å². The average Bonchev–Trinajstić information content (AvgIpc) is 3.45. The molecule has 6 rings (SSSR count). The van der Waals surface area contributed by atoms with E-state index in [-0.39, 0.29) is 18.0 Å². The number of carbonyl (C=O) groups excluding carboxylic acids is 2. The Labute approximate surface area is 230 Å². The third-order valence-corrected chi connectivity index (χ3v) is 6.96. The number of ether oxygens (including phenoxy) is 1. The Kier molecular flexibility index (Phi) is 6.71. The minimum Gasteiger partial charge on any atom is -0.486 e. The number of thiazole rings is 1. The van der Waals surface area contributed by atoms with E-state index < -0.39 is 17.5 Å². The Bertz CT molecular complexity index is 1770. The van der Waals surface area contributed by atoms with E-state index in [9.17, 15) is 18.4 Å². The molecule has 5 aromatic rings. The fourth-order valence-electron chi connectivity index (χ4n) is 4.28. The lowest BCUT2D eigenvalue weighted by molar-refractivity contribution is -0.121. The first-order valence-corrected chi connectivity index (χ1v) is 13.0. The van der Waals surface area contributed by atoms with Crippen LogP contribution in [0, 0.1) is 11.6 Å². The van der Waals surface area contributed by atoms with Gasteiger partial charge in [0.15, 0.2) is 5.78 Å². The lowest BCUT2D eigenvalue weighted by Gasteiger charge is -2.17. The number of nitrogens with zero attached hydrogens (tertiary/aromatic N) is 3. The van der Waals surface area contributed by atoms with Gasteiger partial charge < -0.3 is 15.4 Å². The third kappa shape index (κ3) is 5.27. The molecule has 198 valence electrons. The number of carbonyl (C=O) groups is 2. The molecule has 11 heteroatoms. The van der Waals surface area contributed by atoms with Gasteiger partial charge in [-0.15, -0.1) is 11.3 Å². The summed E-state index contributed by atoms with van der Waals surface area (Å²) in [5.41, 5.74) is 5.17. The highest BCUT2D eigenvalue weighted by molar-refractivity contribution is 7.13. The molecule has 1 aliphatic rings. The Morgan fingerprint density at radius 2 is 1.88 bits per heavy atom. The van der Waals surface area contributed by atoms with Crippen molar-refractivity contribution in [1.82, 2.24) is 15.0 Å². The van der Waals surface area contributed by atoms with Crippen molar-refractivity contribution in [2.45, 2.75) is 6.42 Å². The molecule has 2 N–H and O–H groups in total. The number of amides is 1. The van der Waals surface area contributed by atoms with E-state index in [1.54, 1.807) is 36.0 Å². The van der Waals surface area contributed by atoms with Gasteiger partial charge in [-0.05, 0) is 54.6 Å². The van der Waals surface area contributed by atoms with Crippen LogP contribution in [0.15, 0.2) is 78.4 Å². The van der Waals surface area contributed by atoms with Crippen LogP contribution >= 0.6 is 11.3 Å². The first-order chi connectivity index (χ1) is 19.4. The Morgan fingerprint density at radius 1 is 0.975 bits per heavy atom. The molecule has 0 aliphatic carbocycles. The van der Waals surface area contributed by atoms with E-state index in [1.807, 2.05) is 24.3 Å². The van der Waals surface area contributed by atoms with Gasteiger partial charge in [0.05, 0.1) is 27.3 Å². The molecule has 40 heavy (non-hydrogen) atoms. The van der Waals surface area contributed by atoms with Crippen molar-refractivity contribution >= 4 is 40.4 Å². The number of halogens is 2. The van der Waals surface area contributed by atoms with Gasteiger partial charge in [0.25, 0.3) is 5.91 Å². The largest absolute Gasteiger partial charge is 0.486 e. The van der Waals surface area contributed by atoms with E-state index in [0.717, 1.165) is 34.3 Å². The van der Waals surface area contributed by atoms with Crippen molar-refractivity contribution < 1.29 is 23.1 Å². The van der Waals surface area contributed by atoms with Crippen LogP contribution < -0.4 is 15.4 Å². The molecule has 0 saturated heterocycles. The third-order valence-electron chi connectivity index (χ3n) is 6.12. The smallest absolute Gasteiger partial charge is 0.258 e. The number of ketones is 1. The van der Waals surface area contributed by atoms with Crippen LogP contribution in [-0.4, -0.2) is 33.2 Å². The molecule has 0 unspecified atom stereocenters. The molecule has 0 bridgehead atoms. The van der Waals surface area contributed by atoms with Crippen molar-refractivity contribution in [2.24, 2.45) is 0 Å². The molecule has 0 saturated carbocycles. The maximum absolute atomic E-state index is 14.1. The normalized spacial score (nSPS) is 12.4. The van der Waals surface area contributed by atoms with Crippen molar-refractivity contribution in [3.8, 4) is 27.6 Å². The standard InChI is InChI=1S/C29H19F2N5O3S/c30-18-4-6-23(31)22(13-18)28(38)34-19-3-1-2-16(10-19)26-27(40-15-33-26)24-8-9-32-29(36-24)35-20-5-7-25-17(11-20)12-21(37)14-39-25/h1-11,13,15H,12,14H2,(H,34,38)(H,32,35,36). The van der Waals surface area contributed by atoms with Crippen LogP contribution in [0.5, 0.6) is 5.75 Å². The van der Waals surface area contributed by atoms with Gasteiger partial charge in [-0.2, -0.15) is 0 Å². The average molecular weight is 556 g/mol. The summed E-state index contributed by atoms with van der Waals surface area (Å²) in [6.45, 7) is 0.0863. The lowest BCUT2D eigenvalue weighted by atomic mass is 10.0. The first kappa shape index (κ1) is 25.3. The summed E-state index contributed by atoms with van der Waals surface area (Å²) in [7, 11) is 0. The molecule has 3 aromatic carbocycles. The van der Waals surface area contributed by atoms with Crippen LogP contribution in [-0.2, 0) is 11.2 Å². The Balaban J connectivity index is 1.24. The predicted molar refractivity (Wildman–Crippen MR) is 147 cm³/mol. The summed E-state index contributed by atoms with van der Waals surface area (Å²) in [4.78, 5) is 38.6. The molecular formula is C29H19F2N5O3S. The second kappa shape index (κ2) is 10.6. The van der Waals surface area contributed by atoms with E-state index in [2.05, 4.69) is 25.6 Å². The van der Waals surface area contributed by atoms with E-state index in [0.29, 0.717) is 40.8 Å². The van der Waals surface area contributed by atoms with Crippen molar-refractivity contribution in [3.63, 3.8) is 0 Å². The molecule has 2 aromatic heterocycles. The fourth-order valence-corrected chi connectivity index (χ4v) is 5.06. The maximum Gasteiger partial charge on any atom is 0.258 e. The van der Waals surface area contributed by atoms with E-state index in [4.69, 9.17) is 4.74 Å². The zero-order valence-corrected chi connectivity index (χ0v) is 21.5. The van der Waals surface area contributed by atoms with Crippen LogP contribution in [0.25, 0.3) is 21.8 Å². The van der Waals surface area contributed by atoms with Crippen LogP contribution in [0.3, 0.4) is 0 Å². The first-order valence-electron chi connectivity index (χ1n) is 12.1. The summed E-state index contributed by atoms with van der Waals surface area (Å²) < 4.78 is 33.1. The highest BCUT2D eigenvalue weighted by Gasteiger charge is 2.18. The molecule has 0 fully saturated rings. The number of rotatable bonds is 6. The summed E-state index contributed by atoms with van der Waals surface area (Å²) in [5, 5.41) is 5.79. The minimum absolute atomic E-state index is 0.0189. The fraction of sp³-hybridized carbons (Fsp3) is 0.0690. The maximum atomic E-state index is 14.1. The predicted octanol–water partition coefficient (Wildman–Crippen LogP) is 6.05. The van der Waals surface area contributed by atoms with E-state index >= 15 is 0 Å². The topological polar surface area (TPSA) is 106 Å². The minimum atomic E-state index is -0.817. The summed E-state index contributed by atoms with van der Waals surface area (Å²) in [6, 6.07) is 16.9. The van der Waals surface area contributed by atoms with E-state index in [1.165, 1.54) is 11.3 Å². The summed E-state index contributed by atoms with van der Waals surface area (Å²) >= 11 is 1.39. The summed E-state index contributed by atoms with van der Waals surface area (Å²) in [5.74, 6) is -1.22. The highest BCUT2D eigenvalue weighted by Crippen LogP contribution is 2.35. The number of hydrogen-bond acceptors (Lipinski definition) is 8. The second-order valence-electron chi connectivity index (χ2n) is 8.91. The zero-order chi connectivity index (χ0) is 27.6. The van der Waals surface area contributed by atoms with Gasteiger partial charge in [-0.3, -0.25) is 9.59 Å². The molecule has 1 aliphatic heterocycles. The molecule has 0 radical (unpaired) electrons. The molecule has 3 heterocycles. The summed E-state index contributed by atoms with van der Waals surface area (Å²) in [6.07, 6.45) is 1.94. The Hall–Kier alpha value is -5.03. The van der Waals surface area contributed by atoms with Crippen LogP contribution in [0.1, 0.15) is 15.9 Å². The SMILES string of the molecule is O=C1COc2ccc(Nc3nccc(-c4scnc4-c4cccc(NC(=O)c5cc(F)ccc5F)c4)n3)cc2C1. The number of hydrogen-bond donors (Lipinski definition) is 2. The number of anilines is 3. The monoisotopic (exact) mass is 555 g/mol. The Morgan fingerprint density at radius 3 is 2.77 bits per heavy atom. The quantitative estimate of drug-likeness (QED) is 0.263. The van der Waals surface area contributed by atoms with Gasteiger partial charge in [-0.25, -0.2) is 23.7 Å². The van der Waals surface area contributed by atoms with Crippen LogP contribution in [0.4, 0.5) is 26.1 Å². The number of fused-ring (bicyclic) bond motifs is 1. The number of nitrogens with one attached hydrogen (secondary N) is 2. The second-order valence-corrected chi connectivity index (χ2v) is 9.76. The zero-order valence-electron chi connectivity index (χ0n) is 20.7. The molecular weight excluding hydrogens is 536 g/mol. The van der Waals surface area contributed by atoms with Crippen molar-refractivity contribution in [1.29, 1.82) is 0 Å². The van der Waals surface area contributed by atoms with Gasteiger partial charge in [0.1, 0.15) is 24.0 Å². The highest BCUT2D eigenvalue weighted by atomic mass is 32.1. The van der Waals surface area contributed by atoms with Crippen LogP contribution in [0.2, 0.25) is 0 Å². The van der Waals surface area contributed by atoms with Gasteiger partial charge >= 0.3 is 0 Å². The van der Waals surface area contributed by atoms with Gasteiger partial charge in [-0.1, -0.05) is 12.1 Å². The molecule has 0 spiro atoms. The molecule has 0 atom stereocenters. The number of aromatic nitrogens is 3. The van der Waals surface area contributed by atoms with Crippen molar-refractivity contribution in [3.05, 3.63) is 101 Å². The number of benzene rings is 3. The lowest BCUT2D eigenvalue weighted by Crippen LogP contribution is -2.20. The van der Waals surface area contributed by atoms with Crippen molar-refractivity contribution in [2.75, 3.05) is 17.2 Å². The number of Topliss-reactive ketones (excluding diaryl/α,β-unsaturated/α-hetero) is 1. The molecule has 1 amide bonds. The molecule has 8 nitrogen and oxygen atoms in total.